The number of rotatable bonds is 6. The number of halogens is 2. The van der Waals surface area contributed by atoms with Gasteiger partial charge in [-0.3, -0.25) is 9.69 Å². The molecule has 0 saturated carbocycles. The molecule has 150 valence electrons. The van der Waals surface area contributed by atoms with Gasteiger partial charge in [0, 0.05) is 38.4 Å². The van der Waals surface area contributed by atoms with E-state index >= 15 is 0 Å². The van der Waals surface area contributed by atoms with Crippen molar-refractivity contribution < 1.29 is 9.18 Å². The highest BCUT2D eigenvalue weighted by molar-refractivity contribution is 7.22. The van der Waals surface area contributed by atoms with Crippen LogP contribution < -0.4 is 9.80 Å². The van der Waals surface area contributed by atoms with Crippen LogP contribution >= 0.6 is 23.7 Å². The zero-order chi connectivity index (χ0) is 19.6. The van der Waals surface area contributed by atoms with E-state index in [1.54, 1.807) is 11.0 Å². The van der Waals surface area contributed by atoms with Crippen LogP contribution in [0.5, 0.6) is 0 Å². The minimum absolute atomic E-state index is 0. The van der Waals surface area contributed by atoms with Gasteiger partial charge in [-0.1, -0.05) is 17.4 Å². The molecule has 0 aliphatic rings. The van der Waals surface area contributed by atoms with Crippen molar-refractivity contribution >= 4 is 50.7 Å². The maximum Gasteiger partial charge on any atom is 0.260 e. The number of hydrogen-bond acceptors (Lipinski definition) is 5. The van der Waals surface area contributed by atoms with E-state index in [0.717, 1.165) is 10.4 Å². The first-order chi connectivity index (χ1) is 12.9. The van der Waals surface area contributed by atoms with Crippen LogP contribution in [0.15, 0.2) is 42.5 Å². The van der Waals surface area contributed by atoms with Crippen LogP contribution in [0.3, 0.4) is 0 Å². The van der Waals surface area contributed by atoms with Crippen LogP contribution in [-0.2, 0) is 0 Å². The third-order valence-electron chi connectivity index (χ3n) is 4.24. The molecule has 0 aliphatic heterocycles. The number of carbonyl (C=O) groups excluding carboxylic acids is 1. The Labute approximate surface area is 174 Å². The summed E-state index contributed by atoms with van der Waals surface area (Å²) in [4.78, 5) is 23.2. The Morgan fingerprint density at radius 1 is 1.04 bits per heavy atom. The molecule has 0 fully saturated rings. The van der Waals surface area contributed by atoms with E-state index in [-0.39, 0.29) is 24.1 Å². The van der Waals surface area contributed by atoms with Gasteiger partial charge in [0.2, 0.25) is 0 Å². The van der Waals surface area contributed by atoms with Gasteiger partial charge < -0.3 is 9.80 Å². The lowest BCUT2D eigenvalue weighted by atomic mass is 10.1. The van der Waals surface area contributed by atoms with E-state index in [2.05, 4.69) is 4.98 Å². The van der Waals surface area contributed by atoms with Crippen molar-refractivity contribution in [3.05, 3.63) is 53.8 Å². The summed E-state index contributed by atoms with van der Waals surface area (Å²) in [7, 11) is 7.81. The molecule has 0 radical (unpaired) electrons. The van der Waals surface area contributed by atoms with Crippen molar-refractivity contribution in [3.8, 4) is 0 Å². The molecular formula is C20H24ClFN4OS. The number of carbonyl (C=O) groups is 1. The molecule has 1 amide bonds. The molecule has 3 aromatic rings. The third kappa shape index (κ3) is 4.79. The van der Waals surface area contributed by atoms with E-state index in [1.807, 2.05) is 68.3 Å². The molecule has 1 heterocycles. The van der Waals surface area contributed by atoms with Crippen LogP contribution in [0.1, 0.15) is 10.4 Å². The Kier molecular flexibility index (Phi) is 7.35. The second-order valence-electron chi connectivity index (χ2n) is 6.78. The average molecular weight is 423 g/mol. The molecular weight excluding hydrogens is 399 g/mol. The summed E-state index contributed by atoms with van der Waals surface area (Å²) < 4.78 is 14.8. The summed E-state index contributed by atoms with van der Waals surface area (Å²) in [6.07, 6.45) is 0. The van der Waals surface area contributed by atoms with Gasteiger partial charge >= 0.3 is 0 Å². The van der Waals surface area contributed by atoms with Crippen molar-refractivity contribution in [3.63, 3.8) is 0 Å². The van der Waals surface area contributed by atoms with Crippen molar-refractivity contribution in [1.82, 2.24) is 9.88 Å². The monoisotopic (exact) mass is 422 g/mol. The van der Waals surface area contributed by atoms with Gasteiger partial charge in [-0.25, -0.2) is 9.37 Å². The quantitative estimate of drug-likeness (QED) is 0.598. The molecule has 0 bridgehead atoms. The first kappa shape index (κ1) is 22.1. The van der Waals surface area contributed by atoms with Gasteiger partial charge in [-0.2, -0.15) is 0 Å². The number of fused-ring (bicyclic) bond motifs is 1. The second kappa shape index (κ2) is 9.32. The number of likely N-dealkylation sites (N-methyl/N-ethyl adjacent to an activating group) is 1. The number of nitrogens with zero attached hydrogens (tertiary/aromatic N) is 4. The molecule has 3 rings (SSSR count). The minimum Gasteiger partial charge on any atom is -0.378 e. The topological polar surface area (TPSA) is 39.7 Å². The summed E-state index contributed by atoms with van der Waals surface area (Å²) in [5.74, 6) is -0.507. The Hall–Kier alpha value is -2.22. The zero-order valence-electron chi connectivity index (χ0n) is 16.3. The lowest BCUT2D eigenvalue weighted by Crippen LogP contribution is -2.36. The number of aromatic nitrogens is 1. The molecule has 1 aromatic heterocycles. The molecule has 8 heteroatoms. The zero-order valence-corrected chi connectivity index (χ0v) is 18.0. The van der Waals surface area contributed by atoms with Crippen LogP contribution in [-0.4, -0.2) is 57.1 Å². The summed E-state index contributed by atoms with van der Waals surface area (Å²) >= 11 is 1.33. The fourth-order valence-corrected chi connectivity index (χ4v) is 3.67. The fraction of sp³-hybridized carbons (Fsp3) is 0.300. The first-order valence-corrected chi connectivity index (χ1v) is 9.47. The number of benzene rings is 2. The van der Waals surface area contributed by atoms with Crippen LogP contribution in [0.4, 0.5) is 15.2 Å². The van der Waals surface area contributed by atoms with Crippen molar-refractivity contribution in [2.75, 3.05) is 51.1 Å². The predicted molar refractivity (Wildman–Crippen MR) is 118 cm³/mol. The van der Waals surface area contributed by atoms with Crippen LogP contribution in [0.25, 0.3) is 10.2 Å². The highest BCUT2D eigenvalue weighted by atomic mass is 35.5. The second-order valence-corrected chi connectivity index (χ2v) is 7.79. The predicted octanol–water partition coefficient (Wildman–Crippen LogP) is 4.13. The van der Waals surface area contributed by atoms with Gasteiger partial charge in [0.1, 0.15) is 11.3 Å². The van der Waals surface area contributed by atoms with Crippen molar-refractivity contribution in [2.45, 2.75) is 0 Å². The van der Waals surface area contributed by atoms with Crippen molar-refractivity contribution in [2.24, 2.45) is 0 Å². The average Bonchev–Trinajstić information content (AvgIpc) is 3.07. The minimum atomic E-state index is -0.370. The Morgan fingerprint density at radius 3 is 2.29 bits per heavy atom. The molecule has 0 atom stereocenters. The molecule has 0 unspecified atom stereocenters. The smallest absolute Gasteiger partial charge is 0.260 e. The molecule has 0 spiro atoms. The van der Waals surface area contributed by atoms with Crippen LogP contribution in [0.2, 0.25) is 0 Å². The van der Waals surface area contributed by atoms with Gasteiger partial charge in [0.15, 0.2) is 5.13 Å². The van der Waals surface area contributed by atoms with Gasteiger partial charge in [0.25, 0.3) is 5.91 Å². The molecule has 0 N–H and O–H groups in total. The highest BCUT2D eigenvalue weighted by Gasteiger charge is 2.22. The van der Waals surface area contributed by atoms with E-state index in [1.165, 1.54) is 17.4 Å². The third-order valence-corrected chi connectivity index (χ3v) is 5.28. The number of anilines is 2. The Morgan fingerprint density at radius 2 is 1.71 bits per heavy atom. The molecule has 28 heavy (non-hydrogen) atoms. The Balaban J connectivity index is 0.00000280. The summed E-state index contributed by atoms with van der Waals surface area (Å²) in [6.45, 7) is 1.16. The molecule has 0 saturated heterocycles. The van der Waals surface area contributed by atoms with Gasteiger partial charge in [-0.05, 0) is 50.5 Å². The SMILES string of the molecule is CN(C)CCN(C(=O)c1ccc(N(C)C)cc1)c1nc2c(F)cccc2s1.Cl. The molecule has 2 aromatic carbocycles. The van der Waals surface area contributed by atoms with Crippen molar-refractivity contribution in [1.29, 1.82) is 0 Å². The van der Waals surface area contributed by atoms with E-state index in [9.17, 15) is 9.18 Å². The normalized spacial score (nSPS) is 10.8. The lowest BCUT2D eigenvalue weighted by Gasteiger charge is -2.22. The molecule has 0 aliphatic carbocycles. The largest absolute Gasteiger partial charge is 0.378 e. The lowest BCUT2D eigenvalue weighted by molar-refractivity contribution is 0.0985. The number of hydrogen-bond donors (Lipinski definition) is 0. The maximum absolute atomic E-state index is 14.0. The van der Waals surface area contributed by atoms with E-state index in [0.29, 0.717) is 29.3 Å². The van der Waals surface area contributed by atoms with E-state index in [4.69, 9.17) is 0 Å². The number of amides is 1. The first-order valence-electron chi connectivity index (χ1n) is 8.66. The fourth-order valence-electron chi connectivity index (χ4n) is 2.66. The standard InChI is InChI=1S/C20H23FN4OS.ClH/c1-23(2)12-13-25(19(26)14-8-10-15(11-9-14)24(3)4)20-22-18-16(21)6-5-7-17(18)27-20;/h5-11H,12-13H2,1-4H3;1H. The summed E-state index contributed by atoms with van der Waals surface area (Å²) in [5, 5.41) is 0.513. The highest BCUT2D eigenvalue weighted by Crippen LogP contribution is 2.31. The summed E-state index contributed by atoms with van der Waals surface area (Å²) in [5.41, 5.74) is 1.91. The Bertz CT molecular complexity index is 943. The molecule has 5 nitrogen and oxygen atoms in total. The van der Waals surface area contributed by atoms with Gasteiger partial charge in [0.05, 0.1) is 4.70 Å². The summed E-state index contributed by atoms with van der Waals surface area (Å²) in [6, 6.07) is 12.3. The van der Waals surface area contributed by atoms with E-state index < -0.39 is 0 Å². The van der Waals surface area contributed by atoms with Crippen LogP contribution in [0, 0.1) is 5.82 Å². The number of thiazole rings is 1. The number of para-hydroxylation sites is 1. The maximum atomic E-state index is 14.0. The van der Waals surface area contributed by atoms with Gasteiger partial charge in [-0.15, -0.1) is 12.4 Å².